The molecule has 3 aromatic rings. The Kier molecular flexibility index (Phi) is 3.25. The Morgan fingerprint density at radius 2 is 2.10 bits per heavy atom. The van der Waals surface area contributed by atoms with E-state index in [2.05, 4.69) is 23.9 Å². The lowest BCUT2D eigenvalue weighted by Gasteiger charge is -2.09. The molecule has 0 aliphatic heterocycles. The third kappa shape index (κ3) is 2.42. The maximum absolute atomic E-state index is 6.05. The number of hydrogen-bond acceptors (Lipinski definition) is 4. The fourth-order valence-corrected chi connectivity index (χ4v) is 2.12. The predicted octanol–water partition coefficient (Wildman–Crippen LogP) is 3.54. The highest BCUT2D eigenvalue weighted by Crippen LogP contribution is 2.31. The third-order valence-corrected chi connectivity index (χ3v) is 3.46. The van der Waals surface area contributed by atoms with E-state index in [9.17, 15) is 0 Å². The first-order valence-electron chi connectivity index (χ1n) is 6.93. The van der Waals surface area contributed by atoms with Crippen molar-refractivity contribution in [1.82, 2.24) is 14.6 Å². The topological polar surface area (TPSA) is 65.4 Å². The molecule has 0 spiro atoms. The Balaban J connectivity index is 2.06. The van der Waals surface area contributed by atoms with Gasteiger partial charge in [-0.2, -0.15) is 5.10 Å². The van der Waals surface area contributed by atoms with Crippen molar-refractivity contribution in [3.63, 3.8) is 0 Å². The van der Waals surface area contributed by atoms with E-state index in [1.54, 1.807) is 10.7 Å². The molecule has 21 heavy (non-hydrogen) atoms. The van der Waals surface area contributed by atoms with E-state index in [0.717, 1.165) is 16.8 Å². The molecule has 0 radical (unpaired) electrons. The van der Waals surface area contributed by atoms with Crippen molar-refractivity contribution in [2.75, 3.05) is 5.73 Å². The SMILES string of the molecule is Cc1cccc(Oc2nccn3nc(C(C)C)cc23)c1N. The Morgan fingerprint density at radius 1 is 1.29 bits per heavy atom. The van der Waals surface area contributed by atoms with E-state index in [4.69, 9.17) is 10.5 Å². The Morgan fingerprint density at radius 3 is 2.86 bits per heavy atom. The summed E-state index contributed by atoms with van der Waals surface area (Å²) in [7, 11) is 0. The summed E-state index contributed by atoms with van der Waals surface area (Å²) in [6.07, 6.45) is 3.49. The van der Waals surface area contributed by atoms with Gasteiger partial charge >= 0.3 is 0 Å². The molecular formula is C16H18N4O. The van der Waals surface area contributed by atoms with Gasteiger partial charge in [-0.15, -0.1) is 0 Å². The molecule has 2 heterocycles. The molecule has 0 fully saturated rings. The smallest absolute Gasteiger partial charge is 0.245 e. The van der Waals surface area contributed by atoms with Crippen LogP contribution in [-0.2, 0) is 0 Å². The zero-order chi connectivity index (χ0) is 15.0. The Labute approximate surface area is 123 Å². The molecule has 2 N–H and O–H groups in total. The summed E-state index contributed by atoms with van der Waals surface area (Å²) in [5.41, 5.74) is 9.50. The van der Waals surface area contributed by atoms with E-state index in [-0.39, 0.29) is 0 Å². The molecular weight excluding hydrogens is 264 g/mol. The minimum Gasteiger partial charge on any atom is -0.435 e. The monoisotopic (exact) mass is 282 g/mol. The molecule has 0 aliphatic carbocycles. The van der Waals surface area contributed by atoms with Crippen LogP contribution in [0.3, 0.4) is 0 Å². The number of nitrogens with two attached hydrogens (primary N) is 1. The van der Waals surface area contributed by atoms with Crippen LogP contribution in [0.25, 0.3) is 5.52 Å². The summed E-state index contributed by atoms with van der Waals surface area (Å²) < 4.78 is 7.68. The lowest BCUT2D eigenvalue weighted by atomic mass is 10.1. The second-order valence-corrected chi connectivity index (χ2v) is 5.37. The van der Waals surface area contributed by atoms with E-state index in [1.165, 1.54) is 0 Å². The number of nitrogens with zero attached hydrogens (tertiary/aromatic N) is 3. The van der Waals surface area contributed by atoms with Gasteiger partial charge in [0.25, 0.3) is 0 Å². The van der Waals surface area contributed by atoms with Gasteiger partial charge in [0, 0.05) is 12.4 Å². The molecule has 1 aromatic carbocycles. The molecule has 0 aliphatic rings. The lowest BCUT2D eigenvalue weighted by Crippen LogP contribution is -1.98. The molecule has 0 atom stereocenters. The first-order valence-corrected chi connectivity index (χ1v) is 6.93. The Bertz CT molecular complexity index is 792. The first-order chi connectivity index (χ1) is 10.1. The minimum atomic E-state index is 0.349. The molecule has 2 aromatic heterocycles. The predicted molar refractivity (Wildman–Crippen MR) is 82.7 cm³/mol. The zero-order valence-electron chi connectivity index (χ0n) is 12.4. The number of ether oxygens (including phenoxy) is 1. The van der Waals surface area contributed by atoms with Gasteiger partial charge in [-0.1, -0.05) is 26.0 Å². The highest BCUT2D eigenvalue weighted by molar-refractivity contribution is 5.62. The molecule has 0 saturated carbocycles. The molecule has 0 amide bonds. The number of aryl methyl sites for hydroxylation is 1. The standard InChI is InChI=1S/C16H18N4O/c1-10(2)12-9-13-16(18-7-8-20(13)19-12)21-14-6-4-5-11(3)15(14)17/h4-10H,17H2,1-3H3. The minimum absolute atomic E-state index is 0.349. The molecule has 5 heteroatoms. The van der Waals surface area contributed by atoms with E-state index in [0.29, 0.717) is 23.2 Å². The van der Waals surface area contributed by atoms with Crippen LogP contribution in [-0.4, -0.2) is 14.6 Å². The summed E-state index contributed by atoms with van der Waals surface area (Å²) in [6, 6.07) is 7.70. The molecule has 5 nitrogen and oxygen atoms in total. The highest BCUT2D eigenvalue weighted by Gasteiger charge is 2.12. The third-order valence-electron chi connectivity index (χ3n) is 3.46. The van der Waals surface area contributed by atoms with Gasteiger partial charge in [0.15, 0.2) is 5.75 Å². The van der Waals surface area contributed by atoms with Crippen LogP contribution in [0.5, 0.6) is 11.6 Å². The largest absolute Gasteiger partial charge is 0.435 e. The summed E-state index contributed by atoms with van der Waals surface area (Å²) in [4.78, 5) is 4.31. The second kappa shape index (κ2) is 5.09. The summed E-state index contributed by atoms with van der Waals surface area (Å²) in [5, 5.41) is 4.52. The van der Waals surface area contributed by atoms with Crippen LogP contribution in [0.1, 0.15) is 31.0 Å². The normalized spacial score (nSPS) is 11.2. The van der Waals surface area contributed by atoms with Gasteiger partial charge in [-0.05, 0) is 30.5 Å². The zero-order valence-corrected chi connectivity index (χ0v) is 12.4. The van der Waals surface area contributed by atoms with Crippen molar-refractivity contribution in [2.45, 2.75) is 26.7 Å². The average molecular weight is 282 g/mol. The molecule has 0 unspecified atom stereocenters. The van der Waals surface area contributed by atoms with Crippen molar-refractivity contribution in [3.05, 3.63) is 47.9 Å². The van der Waals surface area contributed by atoms with E-state index in [1.807, 2.05) is 37.4 Å². The van der Waals surface area contributed by atoms with Crippen molar-refractivity contribution in [2.24, 2.45) is 0 Å². The fourth-order valence-electron chi connectivity index (χ4n) is 2.12. The van der Waals surface area contributed by atoms with Crippen LogP contribution in [0.15, 0.2) is 36.7 Å². The van der Waals surface area contributed by atoms with Gasteiger partial charge in [0.2, 0.25) is 5.88 Å². The van der Waals surface area contributed by atoms with Gasteiger partial charge < -0.3 is 10.5 Å². The first kappa shape index (κ1) is 13.4. The Hall–Kier alpha value is -2.56. The van der Waals surface area contributed by atoms with Gasteiger partial charge in [-0.25, -0.2) is 9.50 Å². The molecule has 0 saturated heterocycles. The fraction of sp³-hybridized carbons (Fsp3) is 0.250. The van der Waals surface area contributed by atoms with E-state index < -0.39 is 0 Å². The van der Waals surface area contributed by atoms with Crippen molar-refractivity contribution >= 4 is 11.2 Å². The van der Waals surface area contributed by atoms with Gasteiger partial charge in [0.1, 0.15) is 5.52 Å². The van der Waals surface area contributed by atoms with Crippen LogP contribution < -0.4 is 10.5 Å². The average Bonchev–Trinajstić information content (AvgIpc) is 2.89. The van der Waals surface area contributed by atoms with Crippen molar-refractivity contribution in [1.29, 1.82) is 0 Å². The van der Waals surface area contributed by atoms with Crippen LogP contribution in [0.2, 0.25) is 0 Å². The van der Waals surface area contributed by atoms with Crippen molar-refractivity contribution in [3.8, 4) is 11.6 Å². The van der Waals surface area contributed by atoms with Crippen LogP contribution >= 0.6 is 0 Å². The van der Waals surface area contributed by atoms with Crippen molar-refractivity contribution < 1.29 is 4.74 Å². The number of rotatable bonds is 3. The maximum atomic E-state index is 6.05. The molecule has 108 valence electrons. The lowest BCUT2D eigenvalue weighted by molar-refractivity contribution is 0.467. The number of fused-ring (bicyclic) bond motifs is 1. The number of anilines is 1. The van der Waals surface area contributed by atoms with Crippen LogP contribution in [0, 0.1) is 6.92 Å². The highest BCUT2D eigenvalue weighted by atomic mass is 16.5. The number of hydrogen-bond donors (Lipinski definition) is 1. The van der Waals surface area contributed by atoms with Gasteiger partial charge in [0.05, 0.1) is 11.4 Å². The van der Waals surface area contributed by atoms with Gasteiger partial charge in [-0.3, -0.25) is 0 Å². The number of benzene rings is 1. The molecule has 3 rings (SSSR count). The number of nitrogen functional groups attached to an aromatic ring is 1. The summed E-state index contributed by atoms with van der Waals surface area (Å²) in [5.74, 6) is 1.47. The van der Waals surface area contributed by atoms with Crippen LogP contribution in [0.4, 0.5) is 5.69 Å². The maximum Gasteiger partial charge on any atom is 0.245 e. The molecule has 0 bridgehead atoms. The number of aromatic nitrogens is 3. The number of para-hydroxylation sites is 1. The second-order valence-electron chi connectivity index (χ2n) is 5.37. The summed E-state index contributed by atoms with van der Waals surface area (Å²) in [6.45, 7) is 6.16. The van der Waals surface area contributed by atoms with E-state index >= 15 is 0 Å². The summed E-state index contributed by atoms with van der Waals surface area (Å²) >= 11 is 0. The quantitative estimate of drug-likeness (QED) is 0.746.